The number of amides is 2. The molecular weight excluding hydrogens is 260 g/mol. The maximum Gasteiger partial charge on any atom is 0.407 e. The second kappa shape index (κ2) is 6.27. The van der Waals surface area contributed by atoms with Gasteiger partial charge in [0.05, 0.1) is 0 Å². The Morgan fingerprint density at radius 2 is 1.80 bits per heavy atom. The van der Waals surface area contributed by atoms with Gasteiger partial charge in [-0.25, -0.2) is 4.79 Å². The highest BCUT2D eigenvalue weighted by atomic mass is 16.4. The fourth-order valence-electron chi connectivity index (χ4n) is 2.28. The van der Waals surface area contributed by atoms with Gasteiger partial charge in [0.15, 0.2) is 0 Å². The van der Waals surface area contributed by atoms with Crippen LogP contribution in [0.5, 0.6) is 5.75 Å². The summed E-state index contributed by atoms with van der Waals surface area (Å²) in [5, 5.41) is 20.9. The lowest BCUT2D eigenvalue weighted by molar-refractivity contribution is 0.0928. The van der Waals surface area contributed by atoms with Crippen molar-refractivity contribution in [1.82, 2.24) is 10.2 Å². The molecule has 2 rings (SSSR count). The maximum atomic E-state index is 11.9. The summed E-state index contributed by atoms with van der Waals surface area (Å²) in [4.78, 5) is 24.1. The first-order chi connectivity index (χ1) is 9.56. The normalized spacial score (nSPS) is 15.9. The summed E-state index contributed by atoms with van der Waals surface area (Å²) in [6.07, 6.45) is 0.654. The molecule has 1 fully saturated rings. The van der Waals surface area contributed by atoms with Crippen molar-refractivity contribution in [3.8, 4) is 5.75 Å². The number of rotatable bonds is 3. The molecule has 1 aromatic carbocycles. The number of hydrogen-bond acceptors (Lipinski definition) is 3. The van der Waals surface area contributed by atoms with Gasteiger partial charge in [-0.05, 0) is 43.0 Å². The van der Waals surface area contributed by atoms with E-state index < -0.39 is 6.09 Å². The first kappa shape index (κ1) is 14.2. The van der Waals surface area contributed by atoms with Crippen LogP contribution in [0.4, 0.5) is 4.79 Å². The molecule has 1 aromatic rings. The number of piperidine rings is 1. The quantitative estimate of drug-likeness (QED) is 0.781. The van der Waals surface area contributed by atoms with Crippen molar-refractivity contribution in [3.63, 3.8) is 0 Å². The number of benzene rings is 1. The van der Waals surface area contributed by atoms with Gasteiger partial charge in [0.2, 0.25) is 0 Å². The molecule has 108 valence electrons. The van der Waals surface area contributed by atoms with Crippen LogP contribution < -0.4 is 5.32 Å². The summed E-state index contributed by atoms with van der Waals surface area (Å²) in [5.41, 5.74) is 0.505. The Hall–Kier alpha value is -2.24. The van der Waals surface area contributed by atoms with Gasteiger partial charge < -0.3 is 20.4 Å². The molecule has 6 nitrogen and oxygen atoms in total. The molecule has 6 heteroatoms. The summed E-state index contributed by atoms with van der Waals surface area (Å²) >= 11 is 0. The van der Waals surface area contributed by atoms with Crippen molar-refractivity contribution in [2.24, 2.45) is 5.92 Å². The number of carboxylic acid groups (broad SMARTS) is 1. The van der Waals surface area contributed by atoms with Gasteiger partial charge in [0.1, 0.15) is 5.75 Å². The fourth-order valence-corrected chi connectivity index (χ4v) is 2.28. The first-order valence-corrected chi connectivity index (χ1v) is 6.61. The Balaban J connectivity index is 1.77. The number of phenols is 1. The number of aromatic hydroxyl groups is 1. The van der Waals surface area contributed by atoms with Crippen molar-refractivity contribution in [3.05, 3.63) is 29.8 Å². The van der Waals surface area contributed by atoms with E-state index in [9.17, 15) is 9.59 Å². The lowest BCUT2D eigenvalue weighted by Gasteiger charge is -2.29. The Morgan fingerprint density at radius 3 is 2.35 bits per heavy atom. The van der Waals surface area contributed by atoms with Gasteiger partial charge in [0.25, 0.3) is 5.91 Å². The van der Waals surface area contributed by atoms with Gasteiger partial charge in [-0.2, -0.15) is 0 Å². The summed E-state index contributed by atoms with van der Waals surface area (Å²) in [6, 6.07) is 6.08. The highest BCUT2D eigenvalue weighted by Gasteiger charge is 2.22. The third kappa shape index (κ3) is 3.63. The van der Waals surface area contributed by atoms with E-state index in [4.69, 9.17) is 10.2 Å². The van der Waals surface area contributed by atoms with E-state index in [-0.39, 0.29) is 11.7 Å². The third-order valence-corrected chi connectivity index (χ3v) is 3.57. The molecule has 20 heavy (non-hydrogen) atoms. The minimum atomic E-state index is -0.878. The lowest BCUT2D eigenvalue weighted by atomic mass is 9.97. The standard InChI is InChI=1S/C14H18N2O4/c17-12-3-1-11(2-4-12)13(18)15-9-10-5-7-16(8-6-10)14(19)20/h1-4,10,17H,5-9H2,(H,15,18)(H,19,20). The van der Waals surface area contributed by atoms with Crippen LogP contribution in [-0.4, -0.2) is 46.7 Å². The molecule has 1 aliphatic rings. The molecule has 0 saturated carbocycles. The lowest BCUT2D eigenvalue weighted by Crippen LogP contribution is -2.40. The predicted molar refractivity (Wildman–Crippen MR) is 72.8 cm³/mol. The molecule has 0 spiro atoms. The molecule has 0 bridgehead atoms. The number of hydrogen-bond donors (Lipinski definition) is 3. The predicted octanol–water partition coefficient (Wildman–Crippen LogP) is 1.51. The van der Waals surface area contributed by atoms with Crippen LogP contribution in [-0.2, 0) is 0 Å². The van der Waals surface area contributed by atoms with Gasteiger partial charge >= 0.3 is 6.09 Å². The molecule has 1 aliphatic heterocycles. The molecule has 0 radical (unpaired) electrons. The molecule has 3 N–H and O–H groups in total. The van der Waals surface area contributed by atoms with Crippen LogP contribution in [0.1, 0.15) is 23.2 Å². The van der Waals surface area contributed by atoms with E-state index in [2.05, 4.69) is 5.32 Å². The van der Waals surface area contributed by atoms with Gasteiger partial charge in [-0.1, -0.05) is 0 Å². The van der Waals surface area contributed by atoms with Crippen LogP contribution >= 0.6 is 0 Å². The zero-order valence-corrected chi connectivity index (χ0v) is 11.1. The van der Waals surface area contributed by atoms with Crippen LogP contribution in [0, 0.1) is 5.92 Å². The SMILES string of the molecule is O=C(NCC1CCN(C(=O)O)CC1)c1ccc(O)cc1. The molecule has 1 saturated heterocycles. The van der Waals surface area contributed by atoms with Crippen LogP contribution in [0.3, 0.4) is 0 Å². The molecule has 0 aliphatic carbocycles. The van der Waals surface area contributed by atoms with E-state index in [1.165, 1.54) is 17.0 Å². The maximum absolute atomic E-state index is 11.9. The van der Waals surface area contributed by atoms with E-state index in [1.54, 1.807) is 12.1 Å². The molecule has 0 atom stereocenters. The smallest absolute Gasteiger partial charge is 0.407 e. The summed E-state index contributed by atoms with van der Waals surface area (Å²) in [7, 11) is 0. The topological polar surface area (TPSA) is 89.9 Å². The zero-order valence-electron chi connectivity index (χ0n) is 11.1. The second-order valence-electron chi connectivity index (χ2n) is 4.97. The summed E-state index contributed by atoms with van der Waals surface area (Å²) in [5.74, 6) is 0.264. The first-order valence-electron chi connectivity index (χ1n) is 6.61. The molecule has 1 heterocycles. The van der Waals surface area contributed by atoms with Crippen molar-refractivity contribution in [2.45, 2.75) is 12.8 Å². The van der Waals surface area contributed by atoms with Crippen molar-refractivity contribution >= 4 is 12.0 Å². The number of phenolic OH excluding ortho intramolecular Hbond substituents is 1. The molecule has 0 aromatic heterocycles. The summed E-state index contributed by atoms with van der Waals surface area (Å²) < 4.78 is 0. The fraction of sp³-hybridized carbons (Fsp3) is 0.429. The average Bonchev–Trinajstić information content (AvgIpc) is 2.46. The summed E-state index contributed by atoms with van der Waals surface area (Å²) in [6.45, 7) is 1.59. The van der Waals surface area contributed by atoms with E-state index in [1.807, 2.05) is 0 Å². The highest BCUT2D eigenvalue weighted by Crippen LogP contribution is 2.16. The number of nitrogens with one attached hydrogen (secondary N) is 1. The monoisotopic (exact) mass is 278 g/mol. The Bertz CT molecular complexity index is 478. The highest BCUT2D eigenvalue weighted by molar-refractivity contribution is 5.94. The van der Waals surface area contributed by atoms with Gasteiger partial charge in [-0.3, -0.25) is 4.79 Å². The number of nitrogens with zero attached hydrogens (tertiary/aromatic N) is 1. The van der Waals surface area contributed by atoms with Gasteiger partial charge in [0, 0.05) is 25.2 Å². The van der Waals surface area contributed by atoms with Gasteiger partial charge in [-0.15, -0.1) is 0 Å². The van der Waals surface area contributed by atoms with Crippen LogP contribution in [0.15, 0.2) is 24.3 Å². The number of likely N-dealkylation sites (tertiary alicyclic amines) is 1. The zero-order chi connectivity index (χ0) is 14.5. The van der Waals surface area contributed by atoms with E-state index in [0.29, 0.717) is 31.1 Å². The van der Waals surface area contributed by atoms with E-state index >= 15 is 0 Å². The Morgan fingerprint density at radius 1 is 1.20 bits per heavy atom. The number of carbonyl (C=O) groups excluding carboxylic acids is 1. The molecule has 0 unspecified atom stereocenters. The molecular formula is C14H18N2O4. The van der Waals surface area contributed by atoms with Crippen LogP contribution in [0.25, 0.3) is 0 Å². The Labute approximate surface area is 117 Å². The van der Waals surface area contributed by atoms with Crippen molar-refractivity contribution in [1.29, 1.82) is 0 Å². The largest absolute Gasteiger partial charge is 0.508 e. The average molecular weight is 278 g/mol. The van der Waals surface area contributed by atoms with E-state index in [0.717, 1.165) is 12.8 Å². The minimum Gasteiger partial charge on any atom is -0.508 e. The minimum absolute atomic E-state index is 0.127. The van der Waals surface area contributed by atoms with Crippen molar-refractivity contribution in [2.75, 3.05) is 19.6 Å². The number of carbonyl (C=O) groups is 2. The second-order valence-corrected chi connectivity index (χ2v) is 4.97. The molecule has 2 amide bonds. The van der Waals surface area contributed by atoms with Crippen molar-refractivity contribution < 1.29 is 19.8 Å². The third-order valence-electron chi connectivity index (χ3n) is 3.57. The Kier molecular flexibility index (Phi) is 4.45. The van der Waals surface area contributed by atoms with Crippen LogP contribution in [0.2, 0.25) is 0 Å².